The predicted octanol–water partition coefficient (Wildman–Crippen LogP) is 3.81. The zero-order valence-corrected chi connectivity index (χ0v) is 15.5. The molecule has 5 nitrogen and oxygen atoms in total. The highest BCUT2D eigenvalue weighted by molar-refractivity contribution is 5.79. The van der Waals surface area contributed by atoms with Crippen LogP contribution >= 0.6 is 0 Å². The van der Waals surface area contributed by atoms with Gasteiger partial charge in [0.1, 0.15) is 0 Å². The van der Waals surface area contributed by atoms with E-state index in [-0.39, 0.29) is 0 Å². The molecule has 0 unspecified atom stereocenters. The van der Waals surface area contributed by atoms with Crippen LogP contribution in [0.4, 0.5) is 0 Å². The summed E-state index contributed by atoms with van der Waals surface area (Å²) in [6, 6.07) is 0. The summed E-state index contributed by atoms with van der Waals surface area (Å²) in [6.45, 7) is 5.20. The summed E-state index contributed by atoms with van der Waals surface area (Å²) in [5.74, 6) is 0.103. The molecule has 0 aliphatic carbocycles. The van der Waals surface area contributed by atoms with Crippen LogP contribution in [0.3, 0.4) is 0 Å². The number of aliphatic carboxylic acids is 1. The Morgan fingerprint density at radius 3 is 2.64 bits per heavy atom. The van der Waals surface area contributed by atoms with Crippen molar-refractivity contribution < 1.29 is 24.1 Å². The Kier molecular flexibility index (Phi) is 9.51. The van der Waals surface area contributed by atoms with Crippen LogP contribution in [0.2, 0.25) is 0 Å². The largest absolute Gasteiger partial charge is 0.478 e. The monoisotopic (exact) mass is 354 g/mol. The van der Waals surface area contributed by atoms with Gasteiger partial charge in [-0.3, -0.25) is 0 Å². The fraction of sp³-hybridized carbons (Fsp3) is 0.850. The third-order valence-electron chi connectivity index (χ3n) is 5.33. The van der Waals surface area contributed by atoms with E-state index < -0.39 is 5.97 Å². The molecule has 2 rings (SSSR count). The second kappa shape index (κ2) is 11.7. The molecule has 2 heterocycles. The molecule has 0 aromatic heterocycles. The first kappa shape index (κ1) is 20.4. The molecule has 2 fully saturated rings. The van der Waals surface area contributed by atoms with E-state index in [4.69, 9.17) is 19.3 Å². The lowest BCUT2D eigenvalue weighted by atomic mass is 9.78. The van der Waals surface area contributed by atoms with Crippen molar-refractivity contribution >= 4 is 5.97 Å². The summed E-state index contributed by atoms with van der Waals surface area (Å²) < 4.78 is 17.7. The lowest BCUT2D eigenvalue weighted by molar-refractivity contribution is -0.131. The molecule has 144 valence electrons. The zero-order valence-electron chi connectivity index (χ0n) is 15.5. The number of carbonyl (C=O) groups is 1. The average Bonchev–Trinajstić information content (AvgIpc) is 3.19. The van der Waals surface area contributed by atoms with E-state index in [0.717, 1.165) is 32.5 Å². The molecule has 0 amide bonds. The van der Waals surface area contributed by atoms with Crippen molar-refractivity contribution in [1.82, 2.24) is 0 Å². The first-order valence-electron chi connectivity index (χ1n) is 9.92. The van der Waals surface area contributed by atoms with E-state index in [9.17, 15) is 4.79 Å². The Balaban J connectivity index is 1.60. The molecule has 5 heteroatoms. The van der Waals surface area contributed by atoms with Crippen molar-refractivity contribution in [3.05, 3.63) is 12.2 Å². The molecule has 2 bridgehead atoms. The lowest BCUT2D eigenvalue weighted by Crippen LogP contribution is -2.31. The second-order valence-electron chi connectivity index (χ2n) is 7.18. The minimum absolute atomic E-state index is 0.342. The maximum Gasteiger partial charge on any atom is 0.327 e. The Labute approximate surface area is 151 Å². The molecule has 4 atom stereocenters. The van der Waals surface area contributed by atoms with Gasteiger partial charge in [-0.2, -0.15) is 0 Å². The zero-order chi connectivity index (χ0) is 17.9. The number of carboxylic acids is 1. The molecular formula is C20H34O5. The predicted molar refractivity (Wildman–Crippen MR) is 96.7 cm³/mol. The molecule has 0 saturated carbocycles. The first-order chi connectivity index (χ1) is 12.2. The van der Waals surface area contributed by atoms with Crippen LogP contribution in [0.5, 0.6) is 0 Å². The summed E-state index contributed by atoms with van der Waals surface area (Å²) in [4.78, 5) is 10.4. The first-order valence-corrected chi connectivity index (χ1v) is 9.92. The van der Waals surface area contributed by atoms with Gasteiger partial charge in [0.2, 0.25) is 0 Å². The lowest BCUT2D eigenvalue weighted by Gasteiger charge is -2.27. The normalized spacial score (nSPS) is 28.2. The van der Waals surface area contributed by atoms with Crippen LogP contribution in [-0.4, -0.2) is 49.7 Å². The Hall–Kier alpha value is -0.910. The Bertz CT molecular complexity index is 409. The van der Waals surface area contributed by atoms with Gasteiger partial charge in [0.25, 0.3) is 0 Å². The van der Waals surface area contributed by atoms with Crippen LogP contribution in [0, 0.1) is 11.8 Å². The van der Waals surface area contributed by atoms with E-state index in [1.165, 1.54) is 31.8 Å². The van der Waals surface area contributed by atoms with Crippen LogP contribution in [0.15, 0.2) is 12.2 Å². The number of hydrogen-bond donors (Lipinski definition) is 1. The average molecular weight is 354 g/mol. The molecule has 2 aliphatic heterocycles. The van der Waals surface area contributed by atoms with Gasteiger partial charge in [-0.15, -0.1) is 0 Å². The highest BCUT2D eigenvalue weighted by Crippen LogP contribution is 2.45. The number of ether oxygens (including phenoxy) is 3. The highest BCUT2D eigenvalue weighted by atomic mass is 16.5. The van der Waals surface area contributed by atoms with Crippen LogP contribution in [0.1, 0.15) is 58.3 Å². The number of hydrogen-bond acceptors (Lipinski definition) is 4. The fourth-order valence-corrected chi connectivity index (χ4v) is 4.01. The topological polar surface area (TPSA) is 65.0 Å². The summed E-state index contributed by atoms with van der Waals surface area (Å²) in [5, 5.41) is 8.56. The van der Waals surface area contributed by atoms with Crippen molar-refractivity contribution in [1.29, 1.82) is 0 Å². The van der Waals surface area contributed by atoms with Gasteiger partial charge < -0.3 is 19.3 Å². The van der Waals surface area contributed by atoms with E-state index in [0.29, 0.717) is 43.7 Å². The van der Waals surface area contributed by atoms with Gasteiger partial charge in [0.15, 0.2) is 0 Å². The van der Waals surface area contributed by atoms with Gasteiger partial charge in [-0.25, -0.2) is 4.79 Å². The van der Waals surface area contributed by atoms with Gasteiger partial charge in [0.05, 0.1) is 25.4 Å². The molecule has 0 spiro atoms. The third-order valence-corrected chi connectivity index (χ3v) is 5.33. The summed E-state index contributed by atoms with van der Waals surface area (Å²) in [5.41, 5.74) is 0. The van der Waals surface area contributed by atoms with E-state index in [2.05, 4.69) is 6.92 Å². The molecule has 0 aromatic rings. The molecule has 25 heavy (non-hydrogen) atoms. The minimum atomic E-state index is -0.906. The number of unbranched alkanes of at least 4 members (excludes halogenated alkanes) is 3. The van der Waals surface area contributed by atoms with E-state index in [1.54, 1.807) is 6.08 Å². The van der Waals surface area contributed by atoms with Gasteiger partial charge in [-0.05, 0) is 38.0 Å². The van der Waals surface area contributed by atoms with Crippen molar-refractivity contribution in [3.8, 4) is 0 Å². The van der Waals surface area contributed by atoms with Gasteiger partial charge in [-0.1, -0.05) is 32.3 Å². The smallest absolute Gasteiger partial charge is 0.327 e. The van der Waals surface area contributed by atoms with Crippen LogP contribution in [-0.2, 0) is 19.0 Å². The number of fused-ring (bicyclic) bond motifs is 2. The van der Waals surface area contributed by atoms with Crippen molar-refractivity contribution in [2.75, 3.05) is 26.4 Å². The Morgan fingerprint density at radius 1 is 1.08 bits per heavy atom. The highest BCUT2D eigenvalue weighted by Gasteiger charge is 2.48. The third kappa shape index (κ3) is 7.08. The molecule has 0 aromatic carbocycles. The van der Waals surface area contributed by atoms with Gasteiger partial charge in [0, 0.05) is 25.2 Å². The fourth-order valence-electron chi connectivity index (χ4n) is 4.01. The molecule has 2 aliphatic rings. The number of carboxylic acid groups (broad SMARTS) is 1. The standard InChI is InChI=1S/C20H34O5/c1-2-3-4-6-12-23-14-11-16-17(19-10-9-18(16)25-19)15-24-13-7-5-8-20(21)22/h5,8,16-19H,2-4,6-7,9-15H2,1H3,(H,21,22)/b8-5+/t16-,17+,18-,19+/m1/s1. The quantitative estimate of drug-likeness (QED) is 0.379. The van der Waals surface area contributed by atoms with Crippen molar-refractivity contribution in [2.24, 2.45) is 11.8 Å². The van der Waals surface area contributed by atoms with Crippen molar-refractivity contribution in [3.63, 3.8) is 0 Å². The summed E-state index contributed by atoms with van der Waals surface area (Å²) >= 11 is 0. The van der Waals surface area contributed by atoms with Crippen LogP contribution in [0.25, 0.3) is 0 Å². The summed E-state index contributed by atoms with van der Waals surface area (Å²) in [6.07, 6.45) is 12.5. The molecule has 1 N–H and O–H groups in total. The van der Waals surface area contributed by atoms with Crippen molar-refractivity contribution in [2.45, 2.75) is 70.5 Å². The SMILES string of the molecule is CCCCCCOCC[C@@H]1[C@H](COCC/C=C/C(=O)O)[C@@H]2CC[C@H]1O2. The summed E-state index contributed by atoms with van der Waals surface area (Å²) in [7, 11) is 0. The minimum Gasteiger partial charge on any atom is -0.478 e. The Morgan fingerprint density at radius 2 is 1.88 bits per heavy atom. The number of rotatable bonds is 14. The molecule has 0 radical (unpaired) electrons. The van der Waals surface area contributed by atoms with E-state index in [1.807, 2.05) is 0 Å². The van der Waals surface area contributed by atoms with Gasteiger partial charge >= 0.3 is 5.97 Å². The van der Waals surface area contributed by atoms with Crippen LogP contribution < -0.4 is 0 Å². The molecular weight excluding hydrogens is 320 g/mol. The van der Waals surface area contributed by atoms with E-state index >= 15 is 0 Å². The second-order valence-corrected chi connectivity index (χ2v) is 7.18. The maximum absolute atomic E-state index is 10.4. The molecule has 2 saturated heterocycles. The maximum atomic E-state index is 10.4.